The standard InChI is InChI=1S/C13H10O3/c14-8-5-6-10-12(7-8)16-11-4-2-1-3-9(11)13(10)15/h1-7,10,12,14H/t10-,12-/m0/s1. The van der Waals surface area contributed by atoms with Gasteiger partial charge in [0, 0.05) is 0 Å². The molecule has 0 radical (unpaired) electrons. The number of fused-ring (bicyclic) bond motifs is 2. The average molecular weight is 214 g/mol. The summed E-state index contributed by atoms with van der Waals surface area (Å²) >= 11 is 0. The number of Topliss-reactive ketones (excluding diaryl/α,β-unsaturated/α-hetero) is 1. The van der Waals surface area contributed by atoms with Gasteiger partial charge in [0.1, 0.15) is 17.6 Å². The molecule has 1 aliphatic carbocycles. The molecule has 0 aromatic heterocycles. The zero-order valence-corrected chi connectivity index (χ0v) is 8.46. The Bertz CT molecular complexity index is 514. The van der Waals surface area contributed by atoms with Gasteiger partial charge in [0.05, 0.1) is 11.5 Å². The summed E-state index contributed by atoms with van der Waals surface area (Å²) in [6, 6.07) is 7.18. The van der Waals surface area contributed by atoms with E-state index in [1.165, 1.54) is 6.08 Å². The molecule has 1 N–H and O–H groups in total. The molecular formula is C13H10O3. The quantitative estimate of drug-likeness (QED) is 0.720. The van der Waals surface area contributed by atoms with Crippen LogP contribution in [-0.4, -0.2) is 17.0 Å². The first kappa shape index (κ1) is 9.21. The van der Waals surface area contributed by atoms with E-state index in [1.807, 2.05) is 12.1 Å². The maximum atomic E-state index is 12.1. The summed E-state index contributed by atoms with van der Waals surface area (Å²) in [5.74, 6) is 0.471. The first-order valence-electron chi connectivity index (χ1n) is 5.14. The van der Waals surface area contributed by atoms with E-state index < -0.39 is 0 Å². The molecule has 0 bridgehead atoms. The van der Waals surface area contributed by atoms with Crippen molar-refractivity contribution in [2.24, 2.45) is 5.92 Å². The molecule has 80 valence electrons. The predicted molar refractivity (Wildman–Crippen MR) is 58.5 cm³/mol. The smallest absolute Gasteiger partial charge is 0.177 e. The van der Waals surface area contributed by atoms with E-state index in [0.29, 0.717) is 11.3 Å². The Kier molecular flexibility index (Phi) is 1.86. The van der Waals surface area contributed by atoms with Crippen LogP contribution in [0.2, 0.25) is 0 Å². The van der Waals surface area contributed by atoms with Crippen molar-refractivity contribution in [1.82, 2.24) is 0 Å². The second-order valence-electron chi connectivity index (χ2n) is 3.92. The first-order valence-corrected chi connectivity index (χ1v) is 5.14. The number of rotatable bonds is 0. The molecule has 0 saturated heterocycles. The molecule has 0 spiro atoms. The number of hydrogen-bond acceptors (Lipinski definition) is 3. The molecule has 1 aliphatic heterocycles. The largest absolute Gasteiger partial charge is 0.508 e. The molecule has 2 atom stereocenters. The van der Waals surface area contributed by atoms with Gasteiger partial charge in [-0.3, -0.25) is 4.79 Å². The SMILES string of the molecule is O=C1c2ccccc2O[C@H]2C=C(O)C=C[C@H]12. The van der Waals surface area contributed by atoms with Crippen LogP contribution in [0.25, 0.3) is 0 Å². The molecule has 2 aliphatic rings. The number of ether oxygens (including phenoxy) is 1. The van der Waals surface area contributed by atoms with Gasteiger partial charge in [-0.25, -0.2) is 0 Å². The lowest BCUT2D eigenvalue weighted by Crippen LogP contribution is -2.36. The number of ketones is 1. The topological polar surface area (TPSA) is 46.5 Å². The average Bonchev–Trinajstić information content (AvgIpc) is 2.29. The highest BCUT2D eigenvalue weighted by Crippen LogP contribution is 2.33. The van der Waals surface area contributed by atoms with Crippen LogP contribution in [0.5, 0.6) is 5.75 Å². The predicted octanol–water partition coefficient (Wildman–Crippen LogP) is 2.26. The number of hydrogen-bond donors (Lipinski definition) is 1. The number of aliphatic hydroxyl groups excluding tert-OH is 1. The van der Waals surface area contributed by atoms with E-state index in [9.17, 15) is 9.90 Å². The van der Waals surface area contributed by atoms with Crippen LogP contribution in [0.15, 0.2) is 48.3 Å². The van der Waals surface area contributed by atoms with Crippen molar-refractivity contribution in [3.63, 3.8) is 0 Å². The van der Waals surface area contributed by atoms with Crippen molar-refractivity contribution in [2.45, 2.75) is 6.10 Å². The maximum Gasteiger partial charge on any atom is 0.177 e. The van der Waals surface area contributed by atoms with Crippen LogP contribution in [0.3, 0.4) is 0 Å². The third-order valence-corrected chi connectivity index (χ3v) is 2.88. The molecule has 0 fully saturated rings. The fourth-order valence-corrected chi connectivity index (χ4v) is 2.08. The van der Waals surface area contributed by atoms with E-state index in [2.05, 4.69) is 0 Å². The molecule has 3 nitrogen and oxygen atoms in total. The molecular weight excluding hydrogens is 204 g/mol. The third kappa shape index (κ3) is 1.25. The fourth-order valence-electron chi connectivity index (χ4n) is 2.08. The highest BCUT2D eigenvalue weighted by molar-refractivity contribution is 6.03. The molecule has 3 heteroatoms. The Hall–Kier alpha value is -2.03. The number of para-hydroxylation sites is 1. The van der Waals surface area contributed by atoms with Gasteiger partial charge in [-0.2, -0.15) is 0 Å². The van der Waals surface area contributed by atoms with Crippen LogP contribution < -0.4 is 4.74 Å². The lowest BCUT2D eigenvalue weighted by atomic mass is 9.86. The number of carbonyl (C=O) groups excluding carboxylic acids is 1. The third-order valence-electron chi connectivity index (χ3n) is 2.88. The van der Waals surface area contributed by atoms with Gasteiger partial charge in [0.2, 0.25) is 0 Å². The molecule has 1 aromatic rings. The van der Waals surface area contributed by atoms with Gasteiger partial charge in [0.15, 0.2) is 5.78 Å². The molecule has 1 heterocycles. The Morgan fingerprint density at radius 3 is 2.94 bits per heavy atom. The highest BCUT2D eigenvalue weighted by atomic mass is 16.5. The maximum absolute atomic E-state index is 12.1. The number of aliphatic hydroxyl groups is 1. The van der Waals surface area contributed by atoms with Crippen LogP contribution in [-0.2, 0) is 0 Å². The number of carbonyl (C=O) groups is 1. The van der Waals surface area contributed by atoms with Crippen molar-refractivity contribution in [3.8, 4) is 5.75 Å². The minimum Gasteiger partial charge on any atom is -0.508 e. The van der Waals surface area contributed by atoms with E-state index in [1.54, 1.807) is 24.3 Å². The lowest BCUT2D eigenvalue weighted by molar-refractivity contribution is 0.0801. The second kappa shape index (κ2) is 3.23. The number of allylic oxidation sites excluding steroid dienone is 1. The minimum absolute atomic E-state index is 0.0480. The highest BCUT2D eigenvalue weighted by Gasteiger charge is 2.35. The van der Waals surface area contributed by atoms with E-state index in [-0.39, 0.29) is 23.6 Å². The summed E-state index contributed by atoms with van der Waals surface area (Å²) < 4.78 is 5.67. The van der Waals surface area contributed by atoms with Crippen molar-refractivity contribution in [2.75, 3.05) is 0 Å². The van der Waals surface area contributed by atoms with E-state index in [4.69, 9.17) is 4.74 Å². The van der Waals surface area contributed by atoms with Gasteiger partial charge in [0.25, 0.3) is 0 Å². The summed E-state index contributed by atoms with van der Waals surface area (Å²) in [5.41, 5.74) is 0.614. The Labute approximate surface area is 92.7 Å². The second-order valence-corrected chi connectivity index (χ2v) is 3.92. The van der Waals surface area contributed by atoms with Gasteiger partial charge >= 0.3 is 0 Å². The molecule has 0 saturated carbocycles. The number of benzene rings is 1. The molecule has 3 rings (SSSR count). The summed E-state index contributed by atoms with van der Waals surface area (Å²) in [6.07, 6.45) is 4.42. The molecule has 1 aromatic carbocycles. The zero-order valence-electron chi connectivity index (χ0n) is 8.46. The van der Waals surface area contributed by atoms with Gasteiger partial charge in [-0.1, -0.05) is 18.2 Å². The summed E-state index contributed by atoms with van der Waals surface area (Å²) in [6.45, 7) is 0. The minimum atomic E-state index is -0.382. The van der Waals surface area contributed by atoms with Crippen molar-refractivity contribution >= 4 is 5.78 Å². The van der Waals surface area contributed by atoms with Gasteiger partial charge < -0.3 is 9.84 Å². The summed E-state index contributed by atoms with van der Waals surface area (Å²) in [5, 5.41) is 9.37. The van der Waals surface area contributed by atoms with Crippen molar-refractivity contribution in [1.29, 1.82) is 0 Å². The van der Waals surface area contributed by atoms with Gasteiger partial charge in [-0.15, -0.1) is 0 Å². The van der Waals surface area contributed by atoms with E-state index in [0.717, 1.165) is 0 Å². The van der Waals surface area contributed by atoms with Crippen LogP contribution in [0.1, 0.15) is 10.4 Å². The van der Waals surface area contributed by atoms with Crippen LogP contribution in [0.4, 0.5) is 0 Å². The van der Waals surface area contributed by atoms with E-state index >= 15 is 0 Å². The van der Waals surface area contributed by atoms with Crippen molar-refractivity contribution in [3.05, 3.63) is 53.8 Å². The summed E-state index contributed by atoms with van der Waals surface area (Å²) in [4.78, 5) is 12.1. The first-order chi connectivity index (χ1) is 7.75. The molecule has 16 heavy (non-hydrogen) atoms. The van der Waals surface area contributed by atoms with Crippen LogP contribution in [0, 0.1) is 5.92 Å². The molecule has 0 amide bonds. The summed E-state index contributed by atoms with van der Waals surface area (Å²) in [7, 11) is 0. The van der Waals surface area contributed by atoms with Gasteiger partial charge in [-0.05, 0) is 24.3 Å². The zero-order chi connectivity index (χ0) is 11.1. The van der Waals surface area contributed by atoms with Crippen LogP contribution >= 0.6 is 0 Å². The molecule has 0 unspecified atom stereocenters. The monoisotopic (exact) mass is 214 g/mol. The normalized spacial score (nSPS) is 26.5. The Morgan fingerprint density at radius 1 is 1.25 bits per heavy atom. The Morgan fingerprint density at radius 2 is 2.06 bits per heavy atom. The van der Waals surface area contributed by atoms with Crippen molar-refractivity contribution < 1.29 is 14.6 Å². The fraction of sp³-hybridized carbons (Fsp3) is 0.154. The lowest BCUT2D eigenvalue weighted by Gasteiger charge is -2.30. The Balaban J connectivity index is 2.09.